The third-order valence-corrected chi connectivity index (χ3v) is 6.16. The van der Waals surface area contributed by atoms with E-state index < -0.39 is 0 Å². The molecule has 1 aliphatic rings. The van der Waals surface area contributed by atoms with Gasteiger partial charge < -0.3 is 15.5 Å². The zero-order valence-electron chi connectivity index (χ0n) is 18.4. The van der Waals surface area contributed by atoms with Gasteiger partial charge in [0, 0.05) is 24.3 Å². The van der Waals surface area contributed by atoms with Crippen LogP contribution < -0.4 is 10.6 Å². The van der Waals surface area contributed by atoms with Crippen LogP contribution in [-0.4, -0.2) is 29.0 Å². The number of anilines is 1. The summed E-state index contributed by atoms with van der Waals surface area (Å²) in [5.41, 5.74) is 5.11. The number of hydrogen-bond acceptors (Lipinski definition) is 2. The van der Waals surface area contributed by atoms with Crippen molar-refractivity contribution in [3.05, 3.63) is 101 Å². The van der Waals surface area contributed by atoms with Gasteiger partial charge in [0.1, 0.15) is 0 Å². The molecular weight excluding hydrogens is 414 g/mol. The van der Waals surface area contributed by atoms with Gasteiger partial charge in [-0.25, -0.2) is 0 Å². The SMILES string of the molecule is Cc1ccccc1[C@H](NC(=S)Nc1ccc(C(=O)N2CCCCC2)cc1)c1ccccc1. The van der Waals surface area contributed by atoms with Gasteiger partial charge in [0.05, 0.1) is 6.04 Å². The minimum atomic E-state index is -0.0580. The van der Waals surface area contributed by atoms with Crippen molar-refractivity contribution in [1.82, 2.24) is 10.2 Å². The maximum Gasteiger partial charge on any atom is 0.253 e. The summed E-state index contributed by atoms with van der Waals surface area (Å²) in [6, 6.07) is 26.2. The fourth-order valence-corrected chi connectivity index (χ4v) is 4.41. The molecular formula is C27H29N3OS. The van der Waals surface area contributed by atoms with Gasteiger partial charge in [-0.05, 0) is 79.4 Å². The molecule has 2 N–H and O–H groups in total. The smallest absolute Gasteiger partial charge is 0.253 e. The lowest BCUT2D eigenvalue weighted by Crippen LogP contribution is -2.35. The fourth-order valence-electron chi connectivity index (χ4n) is 4.17. The number of nitrogens with one attached hydrogen (secondary N) is 2. The van der Waals surface area contributed by atoms with Crippen LogP contribution in [0.3, 0.4) is 0 Å². The summed E-state index contributed by atoms with van der Waals surface area (Å²) in [6.07, 6.45) is 3.40. The van der Waals surface area contributed by atoms with E-state index in [2.05, 4.69) is 47.9 Å². The monoisotopic (exact) mass is 443 g/mol. The summed E-state index contributed by atoms with van der Waals surface area (Å²) in [5.74, 6) is 0.112. The molecule has 3 aromatic carbocycles. The number of carbonyl (C=O) groups is 1. The molecule has 4 nitrogen and oxygen atoms in total. The van der Waals surface area contributed by atoms with Crippen LogP contribution in [0, 0.1) is 6.92 Å². The van der Waals surface area contributed by atoms with E-state index >= 15 is 0 Å². The van der Waals surface area contributed by atoms with Gasteiger partial charge in [-0.15, -0.1) is 0 Å². The molecule has 0 aromatic heterocycles. The van der Waals surface area contributed by atoms with E-state index in [4.69, 9.17) is 12.2 Å². The standard InChI is InChI=1S/C27H29N3OS/c1-20-10-6-7-13-24(20)25(21-11-4-2-5-12-21)29-27(32)28-23-16-14-22(15-17-23)26(31)30-18-8-3-9-19-30/h2,4-7,10-17,25H,3,8-9,18-19H2,1H3,(H2,28,29,32)/t25-/m1/s1. The number of hydrogen-bond donors (Lipinski definition) is 2. The largest absolute Gasteiger partial charge is 0.352 e. The average Bonchev–Trinajstić information content (AvgIpc) is 2.84. The molecule has 0 spiro atoms. The van der Waals surface area contributed by atoms with Gasteiger partial charge in [0.2, 0.25) is 0 Å². The first-order valence-corrected chi connectivity index (χ1v) is 11.6. The van der Waals surface area contributed by atoms with E-state index in [9.17, 15) is 4.79 Å². The van der Waals surface area contributed by atoms with Crippen molar-refractivity contribution >= 4 is 28.9 Å². The quantitative estimate of drug-likeness (QED) is 0.497. The van der Waals surface area contributed by atoms with Crippen LogP contribution in [0.25, 0.3) is 0 Å². The molecule has 1 amide bonds. The zero-order valence-corrected chi connectivity index (χ0v) is 19.2. The molecule has 1 atom stereocenters. The molecule has 3 aromatic rings. The van der Waals surface area contributed by atoms with Crippen LogP contribution in [-0.2, 0) is 0 Å². The summed E-state index contributed by atoms with van der Waals surface area (Å²) >= 11 is 5.64. The Kier molecular flexibility index (Phi) is 7.17. The van der Waals surface area contributed by atoms with Crippen molar-refractivity contribution < 1.29 is 4.79 Å². The molecule has 0 unspecified atom stereocenters. The number of likely N-dealkylation sites (tertiary alicyclic amines) is 1. The van der Waals surface area contributed by atoms with Crippen LogP contribution in [0.15, 0.2) is 78.9 Å². The molecule has 164 valence electrons. The Bertz CT molecular complexity index is 1060. The molecule has 0 saturated carbocycles. The number of carbonyl (C=O) groups excluding carboxylic acids is 1. The minimum Gasteiger partial charge on any atom is -0.352 e. The highest BCUT2D eigenvalue weighted by Gasteiger charge is 2.19. The predicted molar refractivity (Wildman–Crippen MR) is 135 cm³/mol. The molecule has 1 saturated heterocycles. The van der Waals surface area contributed by atoms with E-state index in [1.165, 1.54) is 17.5 Å². The fraction of sp³-hybridized carbons (Fsp3) is 0.259. The number of thiocarbonyl (C=S) groups is 1. The highest BCUT2D eigenvalue weighted by Crippen LogP contribution is 2.25. The summed E-state index contributed by atoms with van der Waals surface area (Å²) < 4.78 is 0. The lowest BCUT2D eigenvalue weighted by Gasteiger charge is -2.26. The number of nitrogens with zero attached hydrogens (tertiary/aromatic N) is 1. The van der Waals surface area contributed by atoms with Crippen LogP contribution >= 0.6 is 12.2 Å². The van der Waals surface area contributed by atoms with E-state index in [0.717, 1.165) is 42.7 Å². The van der Waals surface area contributed by atoms with Gasteiger partial charge in [-0.2, -0.15) is 0 Å². The Morgan fingerprint density at radius 2 is 1.53 bits per heavy atom. The number of benzene rings is 3. The lowest BCUT2D eigenvalue weighted by molar-refractivity contribution is 0.0724. The Labute approximate surface area is 195 Å². The Hall–Kier alpha value is -3.18. The topological polar surface area (TPSA) is 44.4 Å². The third-order valence-electron chi connectivity index (χ3n) is 5.94. The molecule has 32 heavy (non-hydrogen) atoms. The second-order valence-electron chi connectivity index (χ2n) is 8.23. The number of amides is 1. The third kappa shape index (κ3) is 5.35. The van der Waals surface area contributed by atoms with Gasteiger partial charge >= 0.3 is 0 Å². The second-order valence-corrected chi connectivity index (χ2v) is 8.64. The summed E-state index contributed by atoms with van der Waals surface area (Å²) in [4.78, 5) is 14.6. The first-order chi connectivity index (χ1) is 15.6. The van der Waals surface area contributed by atoms with Crippen LogP contribution in [0.5, 0.6) is 0 Å². The second kappa shape index (κ2) is 10.4. The van der Waals surface area contributed by atoms with Crippen LogP contribution in [0.4, 0.5) is 5.69 Å². The van der Waals surface area contributed by atoms with E-state index in [0.29, 0.717) is 5.11 Å². The van der Waals surface area contributed by atoms with Gasteiger partial charge in [-0.3, -0.25) is 4.79 Å². The van der Waals surface area contributed by atoms with E-state index in [1.807, 2.05) is 53.4 Å². The van der Waals surface area contributed by atoms with Gasteiger partial charge in [-0.1, -0.05) is 54.6 Å². The summed E-state index contributed by atoms with van der Waals surface area (Å²) in [7, 11) is 0. The first kappa shape index (κ1) is 22.0. The number of piperidine rings is 1. The van der Waals surface area contributed by atoms with E-state index in [-0.39, 0.29) is 11.9 Å². The van der Waals surface area contributed by atoms with Crippen molar-refractivity contribution in [3.63, 3.8) is 0 Å². The summed E-state index contributed by atoms with van der Waals surface area (Å²) in [6.45, 7) is 3.82. The number of rotatable bonds is 5. The van der Waals surface area contributed by atoms with Crippen molar-refractivity contribution in [1.29, 1.82) is 0 Å². The molecule has 0 bridgehead atoms. The summed E-state index contributed by atoms with van der Waals surface area (Å²) in [5, 5.41) is 7.28. The average molecular weight is 444 g/mol. The van der Waals surface area contributed by atoms with Crippen LogP contribution in [0.2, 0.25) is 0 Å². The molecule has 1 fully saturated rings. The zero-order chi connectivity index (χ0) is 22.3. The van der Waals surface area contributed by atoms with Crippen molar-refractivity contribution in [2.45, 2.75) is 32.2 Å². The van der Waals surface area contributed by atoms with Crippen molar-refractivity contribution in [3.8, 4) is 0 Å². The van der Waals surface area contributed by atoms with Crippen molar-refractivity contribution in [2.24, 2.45) is 0 Å². The number of aryl methyl sites for hydroxylation is 1. The van der Waals surface area contributed by atoms with Crippen LogP contribution in [0.1, 0.15) is 52.4 Å². The predicted octanol–water partition coefficient (Wildman–Crippen LogP) is 5.70. The Balaban J connectivity index is 1.45. The molecule has 4 rings (SSSR count). The molecule has 5 heteroatoms. The molecule has 1 aliphatic heterocycles. The molecule has 1 heterocycles. The van der Waals surface area contributed by atoms with E-state index in [1.54, 1.807) is 0 Å². The molecule has 0 radical (unpaired) electrons. The van der Waals surface area contributed by atoms with Crippen molar-refractivity contribution in [2.75, 3.05) is 18.4 Å². The first-order valence-electron chi connectivity index (χ1n) is 11.2. The molecule has 0 aliphatic carbocycles. The maximum absolute atomic E-state index is 12.7. The van der Waals surface area contributed by atoms with Gasteiger partial charge in [0.15, 0.2) is 5.11 Å². The Morgan fingerprint density at radius 3 is 2.22 bits per heavy atom. The highest BCUT2D eigenvalue weighted by atomic mass is 32.1. The minimum absolute atomic E-state index is 0.0580. The normalized spacial score (nSPS) is 14.5. The van der Waals surface area contributed by atoms with Gasteiger partial charge in [0.25, 0.3) is 5.91 Å². The highest BCUT2D eigenvalue weighted by molar-refractivity contribution is 7.80. The Morgan fingerprint density at radius 1 is 0.875 bits per heavy atom. The lowest BCUT2D eigenvalue weighted by atomic mass is 9.95. The maximum atomic E-state index is 12.7.